The number of fused-ring (bicyclic) bond motifs is 3. The fourth-order valence-electron chi connectivity index (χ4n) is 3.53. The lowest BCUT2D eigenvalue weighted by Crippen LogP contribution is -2.33. The number of hydrazone groups is 1. The van der Waals surface area contributed by atoms with Gasteiger partial charge in [0.15, 0.2) is 0 Å². The van der Waals surface area contributed by atoms with E-state index in [1.807, 2.05) is 34.7 Å². The Morgan fingerprint density at radius 1 is 1.12 bits per heavy atom. The van der Waals surface area contributed by atoms with E-state index in [0.29, 0.717) is 10.6 Å². The molecule has 5 rings (SSSR count). The third-order valence-corrected chi connectivity index (χ3v) is 5.99. The maximum absolute atomic E-state index is 13.9. The van der Waals surface area contributed by atoms with Crippen molar-refractivity contribution >= 4 is 28.6 Å². The van der Waals surface area contributed by atoms with E-state index in [9.17, 15) is 4.39 Å². The highest BCUT2D eigenvalue weighted by Crippen LogP contribution is 2.48. The van der Waals surface area contributed by atoms with Crippen molar-refractivity contribution in [2.24, 2.45) is 5.10 Å². The third kappa shape index (κ3) is 2.50. The zero-order chi connectivity index (χ0) is 17.7. The number of hydrogen-bond acceptors (Lipinski definition) is 4. The fraction of sp³-hybridized carbons (Fsp3) is 0.150. The van der Waals surface area contributed by atoms with Crippen LogP contribution in [0.15, 0.2) is 65.1 Å². The molecular formula is C20H14ClFN2OS. The lowest BCUT2D eigenvalue weighted by molar-refractivity contribution is -0.0191. The van der Waals surface area contributed by atoms with Gasteiger partial charge in [-0.05, 0) is 35.7 Å². The SMILES string of the molecule is Fc1ccc(Cl)c([C@@H]2Oc3ccccc3[C@H]3CC(c4cccs4)=NN32)c1. The molecule has 3 heterocycles. The van der Waals surface area contributed by atoms with Gasteiger partial charge < -0.3 is 4.74 Å². The van der Waals surface area contributed by atoms with Crippen LogP contribution in [0.2, 0.25) is 5.02 Å². The lowest BCUT2D eigenvalue weighted by Gasteiger charge is -2.38. The number of ether oxygens (including phenoxy) is 1. The van der Waals surface area contributed by atoms with E-state index in [4.69, 9.17) is 21.4 Å². The topological polar surface area (TPSA) is 24.8 Å². The van der Waals surface area contributed by atoms with Gasteiger partial charge in [-0.1, -0.05) is 35.9 Å². The van der Waals surface area contributed by atoms with Crippen molar-refractivity contribution < 1.29 is 9.13 Å². The fourth-order valence-corrected chi connectivity index (χ4v) is 4.47. The molecule has 0 aliphatic carbocycles. The summed E-state index contributed by atoms with van der Waals surface area (Å²) >= 11 is 8.03. The maximum Gasteiger partial charge on any atom is 0.215 e. The van der Waals surface area contributed by atoms with Gasteiger partial charge in [0.2, 0.25) is 6.23 Å². The molecule has 0 saturated carbocycles. The standard InChI is InChI=1S/C20H14ClFN2OS/c21-15-8-7-12(22)10-14(15)20-24-17(13-4-1-2-5-18(13)25-20)11-16(23-24)19-6-3-9-26-19/h1-10,17,20H,11H2/t17-,20+/m1/s1. The van der Waals surface area contributed by atoms with E-state index in [2.05, 4.69) is 12.1 Å². The molecule has 0 spiro atoms. The van der Waals surface area contributed by atoms with Crippen LogP contribution in [0.5, 0.6) is 5.75 Å². The molecule has 1 aromatic heterocycles. The highest BCUT2D eigenvalue weighted by molar-refractivity contribution is 7.12. The van der Waals surface area contributed by atoms with Crippen LogP contribution in [-0.2, 0) is 0 Å². The van der Waals surface area contributed by atoms with Crippen LogP contribution in [0.4, 0.5) is 4.39 Å². The molecule has 6 heteroatoms. The van der Waals surface area contributed by atoms with E-state index in [1.165, 1.54) is 12.1 Å². The number of hydrogen-bond donors (Lipinski definition) is 0. The van der Waals surface area contributed by atoms with Crippen molar-refractivity contribution in [3.8, 4) is 5.75 Å². The van der Waals surface area contributed by atoms with Crippen molar-refractivity contribution in [3.63, 3.8) is 0 Å². The van der Waals surface area contributed by atoms with Crippen molar-refractivity contribution in [2.45, 2.75) is 18.7 Å². The number of halogens is 2. The first-order valence-corrected chi connectivity index (χ1v) is 9.57. The highest BCUT2D eigenvalue weighted by atomic mass is 35.5. The summed E-state index contributed by atoms with van der Waals surface area (Å²) in [6, 6.07) is 16.4. The first-order valence-electron chi connectivity index (χ1n) is 8.31. The Hall–Kier alpha value is -2.37. The van der Waals surface area contributed by atoms with E-state index in [1.54, 1.807) is 17.4 Å². The van der Waals surface area contributed by atoms with Gasteiger partial charge in [-0.3, -0.25) is 0 Å². The Morgan fingerprint density at radius 2 is 2.00 bits per heavy atom. The number of rotatable bonds is 2. The average molecular weight is 385 g/mol. The molecule has 3 aromatic rings. The smallest absolute Gasteiger partial charge is 0.215 e. The first-order chi connectivity index (χ1) is 12.7. The molecule has 2 aliphatic heterocycles. The van der Waals surface area contributed by atoms with Gasteiger partial charge in [-0.2, -0.15) is 5.10 Å². The van der Waals surface area contributed by atoms with Gasteiger partial charge in [-0.15, -0.1) is 11.3 Å². The van der Waals surface area contributed by atoms with Crippen molar-refractivity contribution in [1.29, 1.82) is 0 Å². The Kier molecular flexibility index (Phi) is 3.72. The van der Waals surface area contributed by atoms with Crippen LogP contribution in [0.1, 0.15) is 34.7 Å². The minimum atomic E-state index is -0.560. The van der Waals surface area contributed by atoms with E-state index < -0.39 is 6.23 Å². The molecule has 2 aromatic carbocycles. The van der Waals surface area contributed by atoms with Gasteiger partial charge in [0, 0.05) is 22.6 Å². The first kappa shape index (κ1) is 15.9. The van der Waals surface area contributed by atoms with Crippen LogP contribution in [-0.4, -0.2) is 10.7 Å². The number of benzene rings is 2. The van der Waals surface area contributed by atoms with E-state index in [-0.39, 0.29) is 11.9 Å². The zero-order valence-electron chi connectivity index (χ0n) is 13.6. The minimum absolute atomic E-state index is 0.0429. The Labute approximate surface area is 159 Å². The normalized spacial score (nSPS) is 21.0. The van der Waals surface area contributed by atoms with Crippen LogP contribution in [0.3, 0.4) is 0 Å². The summed E-state index contributed by atoms with van der Waals surface area (Å²) in [5.41, 5.74) is 2.69. The molecule has 0 N–H and O–H groups in total. The average Bonchev–Trinajstić information content (AvgIpc) is 3.32. The predicted molar refractivity (Wildman–Crippen MR) is 101 cm³/mol. The number of para-hydroxylation sites is 1. The van der Waals surface area contributed by atoms with Crippen LogP contribution < -0.4 is 4.74 Å². The Morgan fingerprint density at radius 3 is 2.85 bits per heavy atom. The third-order valence-electron chi connectivity index (χ3n) is 4.73. The molecule has 0 fully saturated rings. The molecule has 0 bridgehead atoms. The van der Waals surface area contributed by atoms with E-state index >= 15 is 0 Å². The molecule has 2 atom stereocenters. The monoisotopic (exact) mass is 384 g/mol. The second-order valence-electron chi connectivity index (χ2n) is 6.30. The molecule has 0 radical (unpaired) electrons. The largest absolute Gasteiger partial charge is 0.464 e. The van der Waals surface area contributed by atoms with Gasteiger partial charge in [0.05, 0.1) is 16.6 Å². The molecule has 0 unspecified atom stereocenters. The zero-order valence-corrected chi connectivity index (χ0v) is 15.2. The summed E-state index contributed by atoms with van der Waals surface area (Å²) < 4.78 is 20.1. The molecule has 3 nitrogen and oxygen atoms in total. The van der Waals surface area contributed by atoms with Gasteiger partial charge in [0.25, 0.3) is 0 Å². The molecule has 2 aliphatic rings. The quantitative estimate of drug-likeness (QED) is 0.559. The van der Waals surface area contributed by atoms with Crippen LogP contribution in [0.25, 0.3) is 0 Å². The van der Waals surface area contributed by atoms with Gasteiger partial charge >= 0.3 is 0 Å². The Bertz CT molecular complexity index is 1000. The summed E-state index contributed by atoms with van der Waals surface area (Å²) in [6.07, 6.45) is 0.222. The summed E-state index contributed by atoms with van der Waals surface area (Å²) in [5.74, 6) is 0.451. The number of nitrogens with zero attached hydrogens (tertiary/aromatic N) is 2. The van der Waals surface area contributed by atoms with Crippen molar-refractivity contribution in [2.75, 3.05) is 0 Å². The van der Waals surface area contributed by atoms with Gasteiger partial charge in [0.1, 0.15) is 11.6 Å². The second kappa shape index (κ2) is 6.11. The summed E-state index contributed by atoms with van der Waals surface area (Å²) in [5, 5.41) is 9.26. The van der Waals surface area contributed by atoms with Crippen LogP contribution in [0, 0.1) is 5.82 Å². The highest BCUT2D eigenvalue weighted by Gasteiger charge is 2.41. The molecule has 0 amide bonds. The Balaban J connectivity index is 1.64. The summed E-state index contributed by atoms with van der Waals surface area (Å²) in [7, 11) is 0. The van der Waals surface area contributed by atoms with Crippen LogP contribution >= 0.6 is 22.9 Å². The molecule has 26 heavy (non-hydrogen) atoms. The lowest BCUT2D eigenvalue weighted by atomic mass is 9.97. The molecule has 130 valence electrons. The van der Waals surface area contributed by atoms with Crippen molar-refractivity contribution in [1.82, 2.24) is 5.01 Å². The second-order valence-corrected chi connectivity index (χ2v) is 7.65. The summed E-state index contributed by atoms with van der Waals surface area (Å²) in [4.78, 5) is 1.14. The minimum Gasteiger partial charge on any atom is -0.464 e. The predicted octanol–water partition coefficient (Wildman–Crippen LogP) is 5.78. The number of thiophene rings is 1. The maximum atomic E-state index is 13.9. The molecular weight excluding hydrogens is 371 g/mol. The van der Waals surface area contributed by atoms with Gasteiger partial charge in [-0.25, -0.2) is 9.40 Å². The molecule has 0 saturated heterocycles. The summed E-state index contributed by atoms with van der Waals surface area (Å²) in [6.45, 7) is 0. The van der Waals surface area contributed by atoms with Crippen molar-refractivity contribution in [3.05, 3.63) is 86.8 Å². The van der Waals surface area contributed by atoms with E-state index in [0.717, 1.165) is 28.3 Å².